The van der Waals surface area contributed by atoms with Gasteiger partial charge in [-0.15, -0.1) is 0 Å². The number of benzene rings is 1. The summed E-state index contributed by atoms with van der Waals surface area (Å²) in [5, 5.41) is 17.2. The van der Waals surface area contributed by atoms with Crippen LogP contribution in [0.4, 0.5) is 5.69 Å². The molecule has 1 atom stereocenters. The summed E-state index contributed by atoms with van der Waals surface area (Å²) in [5.41, 5.74) is -0.597. The maximum absolute atomic E-state index is 12.3. The molecule has 0 bridgehead atoms. The number of rotatable bonds is 5. The van der Waals surface area contributed by atoms with Gasteiger partial charge in [-0.3, -0.25) is 15.2 Å². The Balaban J connectivity index is 2.38. The smallest absolute Gasteiger partial charge is 0.262 e. The van der Waals surface area contributed by atoms with E-state index in [-0.39, 0.29) is 10.8 Å². The maximum atomic E-state index is 12.3. The Morgan fingerprint density at radius 3 is 2.76 bits per heavy atom. The Labute approximate surface area is 124 Å². The molecule has 0 spiro atoms. The topological polar surface area (TPSA) is 131 Å². The third-order valence-electron chi connectivity index (χ3n) is 2.58. The molecule has 0 saturated heterocycles. The number of nitro groups is 1. The first-order chi connectivity index (χ1) is 9.81. The lowest BCUT2D eigenvalue weighted by molar-refractivity contribution is -0.387. The van der Waals surface area contributed by atoms with Crippen molar-refractivity contribution in [1.82, 2.24) is 19.9 Å². The van der Waals surface area contributed by atoms with E-state index >= 15 is 0 Å². The molecule has 21 heavy (non-hydrogen) atoms. The molecule has 0 aliphatic rings. The van der Waals surface area contributed by atoms with E-state index in [2.05, 4.69) is 19.9 Å². The highest BCUT2D eigenvalue weighted by Gasteiger charge is 2.28. The lowest BCUT2D eigenvalue weighted by atomic mass is 10.3. The van der Waals surface area contributed by atoms with Crippen molar-refractivity contribution >= 4 is 27.3 Å². The zero-order valence-corrected chi connectivity index (χ0v) is 12.2. The molecule has 0 saturated carbocycles. The van der Waals surface area contributed by atoms with Gasteiger partial charge in [-0.05, 0) is 19.1 Å². The zero-order valence-electron chi connectivity index (χ0n) is 10.6. The Morgan fingerprint density at radius 1 is 1.48 bits per heavy atom. The fourth-order valence-electron chi connectivity index (χ4n) is 1.64. The van der Waals surface area contributed by atoms with Gasteiger partial charge in [0.25, 0.3) is 5.69 Å². The van der Waals surface area contributed by atoms with Crippen LogP contribution in [0.2, 0.25) is 5.02 Å². The molecular formula is C10H10ClN5O4S. The predicted molar refractivity (Wildman–Crippen MR) is 73.2 cm³/mol. The second-order valence-corrected chi connectivity index (χ2v) is 6.20. The summed E-state index contributed by atoms with van der Waals surface area (Å²) in [7, 11) is -4.12. The molecule has 2 aromatic rings. The van der Waals surface area contributed by atoms with Gasteiger partial charge in [-0.1, -0.05) is 11.6 Å². The second-order valence-electron chi connectivity index (χ2n) is 4.08. The SMILES string of the molecule is CC(NS(=O)(=O)c1ccc(Cl)cc1[N+](=O)[O-])c1ncn[nH]1. The minimum absolute atomic E-state index is 0.0731. The average molecular weight is 332 g/mol. The molecule has 112 valence electrons. The number of nitrogens with one attached hydrogen (secondary N) is 2. The molecule has 2 N–H and O–H groups in total. The van der Waals surface area contributed by atoms with Crippen LogP contribution in [0.5, 0.6) is 0 Å². The first-order valence-electron chi connectivity index (χ1n) is 5.63. The summed E-state index contributed by atoms with van der Waals surface area (Å²) < 4.78 is 26.8. The molecule has 9 nitrogen and oxygen atoms in total. The molecule has 1 unspecified atom stereocenters. The van der Waals surface area contributed by atoms with Crippen molar-refractivity contribution in [3.8, 4) is 0 Å². The number of hydrogen-bond donors (Lipinski definition) is 2. The van der Waals surface area contributed by atoms with E-state index < -0.39 is 31.6 Å². The molecule has 1 aromatic heterocycles. The Bertz CT molecular complexity index is 762. The monoisotopic (exact) mass is 331 g/mol. The van der Waals surface area contributed by atoms with E-state index in [0.717, 1.165) is 12.1 Å². The van der Waals surface area contributed by atoms with Gasteiger partial charge in [0.15, 0.2) is 4.90 Å². The van der Waals surface area contributed by atoms with Crippen molar-refractivity contribution < 1.29 is 13.3 Å². The fourth-order valence-corrected chi connectivity index (χ4v) is 3.16. The number of hydrogen-bond acceptors (Lipinski definition) is 6. The van der Waals surface area contributed by atoms with Crippen LogP contribution in [0, 0.1) is 10.1 Å². The van der Waals surface area contributed by atoms with Crippen molar-refractivity contribution in [2.45, 2.75) is 17.9 Å². The van der Waals surface area contributed by atoms with E-state index in [1.807, 2.05) is 0 Å². The largest absolute Gasteiger partial charge is 0.290 e. The summed E-state index contributed by atoms with van der Waals surface area (Å²) in [6.07, 6.45) is 1.23. The van der Waals surface area contributed by atoms with Gasteiger partial charge in [0.1, 0.15) is 12.2 Å². The summed E-state index contributed by atoms with van der Waals surface area (Å²) in [6, 6.07) is 2.60. The highest BCUT2D eigenvalue weighted by Crippen LogP contribution is 2.27. The molecule has 1 heterocycles. The van der Waals surface area contributed by atoms with Crippen LogP contribution in [-0.2, 0) is 10.0 Å². The van der Waals surface area contributed by atoms with Crippen LogP contribution in [0.3, 0.4) is 0 Å². The van der Waals surface area contributed by atoms with Crippen LogP contribution in [-0.4, -0.2) is 28.5 Å². The maximum Gasteiger partial charge on any atom is 0.290 e. The summed E-state index contributed by atoms with van der Waals surface area (Å²) in [4.78, 5) is 13.5. The van der Waals surface area contributed by atoms with Gasteiger partial charge in [-0.25, -0.2) is 18.1 Å². The Morgan fingerprint density at radius 2 is 2.19 bits per heavy atom. The van der Waals surface area contributed by atoms with Gasteiger partial charge in [0, 0.05) is 11.1 Å². The van der Waals surface area contributed by atoms with Crippen LogP contribution >= 0.6 is 11.6 Å². The molecular weight excluding hydrogens is 322 g/mol. The van der Waals surface area contributed by atoms with E-state index in [4.69, 9.17) is 11.6 Å². The van der Waals surface area contributed by atoms with Gasteiger partial charge in [0.05, 0.1) is 11.0 Å². The predicted octanol–water partition coefficient (Wildman–Crippen LogP) is 1.41. The van der Waals surface area contributed by atoms with Crippen molar-refractivity contribution in [3.05, 3.63) is 45.5 Å². The van der Waals surface area contributed by atoms with Crippen molar-refractivity contribution in [2.75, 3.05) is 0 Å². The van der Waals surface area contributed by atoms with Gasteiger partial charge < -0.3 is 0 Å². The van der Waals surface area contributed by atoms with Crippen LogP contribution < -0.4 is 4.72 Å². The summed E-state index contributed by atoms with van der Waals surface area (Å²) >= 11 is 5.66. The van der Waals surface area contributed by atoms with Crippen LogP contribution in [0.25, 0.3) is 0 Å². The molecule has 0 aliphatic heterocycles. The number of H-pyrrole nitrogens is 1. The van der Waals surface area contributed by atoms with Gasteiger partial charge in [0.2, 0.25) is 10.0 Å². The molecule has 1 aromatic carbocycles. The highest BCUT2D eigenvalue weighted by atomic mass is 35.5. The minimum Gasteiger partial charge on any atom is -0.262 e. The number of nitro benzene ring substituents is 1. The van der Waals surface area contributed by atoms with Crippen molar-refractivity contribution in [2.24, 2.45) is 0 Å². The van der Waals surface area contributed by atoms with Gasteiger partial charge in [-0.2, -0.15) is 5.10 Å². The second kappa shape index (κ2) is 5.76. The minimum atomic E-state index is -4.12. The number of aromatic amines is 1. The molecule has 0 amide bonds. The first-order valence-corrected chi connectivity index (χ1v) is 7.49. The van der Waals surface area contributed by atoms with E-state index in [1.54, 1.807) is 0 Å². The van der Waals surface area contributed by atoms with Crippen molar-refractivity contribution in [1.29, 1.82) is 0 Å². The highest BCUT2D eigenvalue weighted by molar-refractivity contribution is 7.89. The average Bonchev–Trinajstić information content (AvgIpc) is 2.91. The summed E-state index contributed by atoms with van der Waals surface area (Å²) in [5.74, 6) is 0.287. The van der Waals surface area contributed by atoms with Crippen molar-refractivity contribution in [3.63, 3.8) is 0 Å². The fraction of sp³-hybridized carbons (Fsp3) is 0.200. The Hall–Kier alpha value is -2.04. The van der Waals surface area contributed by atoms with Gasteiger partial charge >= 0.3 is 0 Å². The van der Waals surface area contributed by atoms with E-state index in [1.165, 1.54) is 19.3 Å². The lowest BCUT2D eigenvalue weighted by Gasteiger charge is -2.12. The zero-order chi connectivity index (χ0) is 15.6. The number of aromatic nitrogens is 3. The molecule has 0 aliphatic carbocycles. The molecule has 0 radical (unpaired) electrons. The molecule has 2 rings (SSSR count). The third kappa shape index (κ3) is 3.35. The van der Waals surface area contributed by atoms with E-state index in [0.29, 0.717) is 0 Å². The number of halogens is 1. The Kier molecular flexibility index (Phi) is 4.21. The lowest BCUT2D eigenvalue weighted by Crippen LogP contribution is -2.28. The van der Waals surface area contributed by atoms with Crippen LogP contribution in [0.1, 0.15) is 18.8 Å². The summed E-state index contributed by atoms with van der Waals surface area (Å²) in [6.45, 7) is 1.53. The molecule has 0 fully saturated rings. The quantitative estimate of drug-likeness (QED) is 0.629. The molecule has 11 heteroatoms. The van der Waals surface area contributed by atoms with E-state index in [9.17, 15) is 18.5 Å². The third-order valence-corrected chi connectivity index (χ3v) is 4.41. The van der Waals surface area contributed by atoms with Crippen LogP contribution in [0.15, 0.2) is 29.4 Å². The first kappa shape index (κ1) is 15.4. The number of sulfonamides is 1. The number of nitrogens with zero attached hydrogens (tertiary/aromatic N) is 3. The normalized spacial score (nSPS) is 13.0. The standard InChI is InChI=1S/C10H10ClN5O4S/c1-6(10-12-5-13-14-10)15-21(19,20)9-3-2-7(11)4-8(9)16(17)18/h2-6,15H,1H3,(H,12,13,14).